The second kappa shape index (κ2) is 15.4. The third-order valence-electron chi connectivity index (χ3n) is 6.64. The number of nitrogens with zero attached hydrogens (tertiary/aromatic N) is 1. The largest absolute Gasteiger partial charge is 0.497 e. The maximum Gasteiger partial charge on any atom is 0.326 e. The summed E-state index contributed by atoms with van der Waals surface area (Å²) in [5, 5.41) is 19.2. The number of nitrogens with two attached hydrogens (primary N) is 2. The van der Waals surface area contributed by atoms with E-state index in [0.29, 0.717) is 25.9 Å². The summed E-state index contributed by atoms with van der Waals surface area (Å²) in [4.78, 5) is 40.9. The van der Waals surface area contributed by atoms with Gasteiger partial charge in [-0.25, -0.2) is 4.79 Å². The fourth-order valence-electron chi connectivity index (χ4n) is 4.20. The molecule has 2 amide bonds. The highest BCUT2D eigenvalue weighted by Gasteiger charge is 2.24. The van der Waals surface area contributed by atoms with Crippen molar-refractivity contribution in [2.24, 2.45) is 11.5 Å². The number of carboxylic acid groups (broad SMARTS) is 1. The van der Waals surface area contributed by atoms with E-state index >= 15 is 0 Å². The molecule has 0 spiro atoms. The number of aromatic nitrogens is 1. The number of hydrogen-bond acceptors (Lipinski definition) is 8. The normalized spacial score (nSPS) is 13.8. The first-order valence-corrected chi connectivity index (χ1v) is 13.9. The molecule has 0 saturated heterocycles. The number of amides is 2. The molecular weight excluding hydrogens is 512 g/mol. The second-order valence-corrected chi connectivity index (χ2v) is 11.2. The summed E-state index contributed by atoms with van der Waals surface area (Å²) in [6, 6.07) is 6.11. The zero-order chi connectivity index (χ0) is 29.9. The summed E-state index contributed by atoms with van der Waals surface area (Å²) < 4.78 is 5.48. The lowest BCUT2D eigenvalue weighted by molar-refractivity contribution is -0.142. The molecule has 1 unspecified atom stereocenters. The van der Waals surface area contributed by atoms with Crippen LogP contribution in [0.15, 0.2) is 24.3 Å². The Morgan fingerprint density at radius 1 is 1.10 bits per heavy atom. The van der Waals surface area contributed by atoms with Crippen molar-refractivity contribution < 1.29 is 24.2 Å². The molecule has 11 nitrogen and oxygen atoms in total. The maximum atomic E-state index is 12.3. The van der Waals surface area contributed by atoms with Crippen molar-refractivity contribution in [2.45, 2.75) is 89.8 Å². The Morgan fingerprint density at radius 3 is 2.45 bits per heavy atom. The van der Waals surface area contributed by atoms with Crippen LogP contribution in [0.3, 0.4) is 0 Å². The number of carboxylic acids is 1. The fraction of sp³-hybridized carbons (Fsp3) is 0.586. The average Bonchev–Trinajstić information content (AvgIpc) is 2.90. The number of benzene rings is 1. The van der Waals surface area contributed by atoms with Gasteiger partial charge in [-0.1, -0.05) is 26.8 Å². The lowest BCUT2D eigenvalue weighted by Crippen LogP contribution is -2.48. The van der Waals surface area contributed by atoms with Crippen molar-refractivity contribution in [3.63, 3.8) is 0 Å². The molecular formula is C29H46N6O5. The fourth-order valence-corrected chi connectivity index (χ4v) is 4.20. The van der Waals surface area contributed by atoms with Gasteiger partial charge < -0.3 is 37.3 Å². The SMILES string of the molecule is COc1cc(NC(C)CCCNC(=O)CC[C@@H](NC(=O)[C@H](N)CCCN)C(=O)O)c2nc(C(C)(C)C)ccc2c1. The van der Waals surface area contributed by atoms with E-state index in [-0.39, 0.29) is 30.2 Å². The Labute approximate surface area is 236 Å². The molecule has 0 radical (unpaired) electrons. The number of aliphatic carboxylic acids is 1. The molecule has 0 aliphatic rings. The van der Waals surface area contributed by atoms with Crippen LogP contribution in [0.4, 0.5) is 5.69 Å². The quantitative estimate of drug-likeness (QED) is 0.169. The van der Waals surface area contributed by atoms with Crippen molar-refractivity contribution in [1.82, 2.24) is 15.6 Å². The summed E-state index contributed by atoms with van der Waals surface area (Å²) in [7, 11) is 1.64. The minimum absolute atomic E-state index is 0.0268. The highest BCUT2D eigenvalue weighted by atomic mass is 16.5. The number of fused-ring (bicyclic) bond motifs is 1. The topological polar surface area (TPSA) is 182 Å². The van der Waals surface area contributed by atoms with Crippen LogP contribution in [0.1, 0.15) is 71.9 Å². The number of pyridine rings is 1. The van der Waals surface area contributed by atoms with E-state index in [1.807, 2.05) is 18.2 Å². The molecule has 2 rings (SSSR count). The Balaban J connectivity index is 1.85. The summed E-state index contributed by atoms with van der Waals surface area (Å²) >= 11 is 0. The predicted octanol–water partition coefficient (Wildman–Crippen LogP) is 2.65. The van der Waals surface area contributed by atoms with E-state index in [0.717, 1.165) is 40.9 Å². The van der Waals surface area contributed by atoms with Crippen molar-refractivity contribution >= 4 is 34.4 Å². The minimum atomic E-state index is -1.21. The summed E-state index contributed by atoms with van der Waals surface area (Å²) in [6.45, 7) is 9.31. The van der Waals surface area contributed by atoms with Crippen LogP contribution >= 0.6 is 0 Å². The van der Waals surface area contributed by atoms with Gasteiger partial charge in [0.2, 0.25) is 11.8 Å². The summed E-state index contributed by atoms with van der Waals surface area (Å²) in [6.07, 6.45) is 2.38. The molecule has 2 aromatic rings. The zero-order valence-corrected chi connectivity index (χ0v) is 24.4. The van der Waals surface area contributed by atoms with E-state index in [4.69, 9.17) is 21.2 Å². The molecule has 1 heterocycles. The van der Waals surface area contributed by atoms with Gasteiger partial charge in [0.25, 0.3) is 0 Å². The van der Waals surface area contributed by atoms with Gasteiger partial charge in [0.1, 0.15) is 11.8 Å². The molecule has 0 fully saturated rings. The highest BCUT2D eigenvalue weighted by molar-refractivity contribution is 5.92. The van der Waals surface area contributed by atoms with Crippen LogP contribution in [-0.2, 0) is 19.8 Å². The number of anilines is 1. The first-order valence-electron chi connectivity index (χ1n) is 13.9. The third-order valence-corrected chi connectivity index (χ3v) is 6.64. The van der Waals surface area contributed by atoms with E-state index in [9.17, 15) is 19.5 Å². The van der Waals surface area contributed by atoms with Gasteiger partial charge in [-0.15, -0.1) is 0 Å². The van der Waals surface area contributed by atoms with Crippen LogP contribution in [-0.4, -0.2) is 66.2 Å². The monoisotopic (exact) mass is 558 g/mol. The average molecular weight is 559 g/mol. The van der Waals surface area contributed by atoms with Gasteiger partial charge in [0.15, 0.2) is 0 Å². The first kappa shape index (κ1) is 32.8. The van der Waals surface area contributed by atoms with Crippen LogP contribution in [0.2, 0.25) is 0 Å². The van der Waals surface area contributed by atoms with Crippen molar-refractivity contribution in [2.75, 3.05) is 25.5 Å². The summed E-state index contributed by atoms with van der Waals surface area (Å²) in [5.41, 5.74) is 13.9. The first-order chi connectivity index (χ1) is 18.8. The van der Waals surface area contributed by atoms with Gasteiger partial charge in [-0.3, -0.25) is 14.6 Å². The van der Waals surface area contributed by atoms with Gasteiger partial charge in [-0.2, -0.15) is 0 Å². The van der Waals surface area contributed by atoms with Crippen molar-refractivity contribution in [1.29, 1.82) is 0 Å². The Morgan fingerprint density at radius 2 is 1.82 bits per heavy atom. The predicted molar refractivity (Wildman–Crippen MR) is 157 cm³/mol. The van der Waals surface area contributed by atoms with E-state index < -0.39 is 24.0 Å². The molecule has 1 aromatic heterocycles. The molecule has 0 saturated carbocycles. The minimum Gasteiger partial charge on any atom is -0.497 e. The second-order valence-electron chi connectivity index (χ2n) is 11.2. The van der Waals surface area contributed by atoms with E-state index in [1.165, 1.54) is 0 Å². The number of nitrogens with one attached hydrogen (secondary N) is 3. The number of carbonyl (C=O) groups excluding carboxylic acids is 2. The molecule has 0 aliphatic heterocycles. The lowest BCUT2D eigenvalue weighted by Gasteiger charge is -2.21. The van der Waals surface area contributed by atoms with Crippen LogP contribution in [0.25, 0.3) is 10.9 Å². The summed E-state index contributed by atoms with van der Waals surface area (Å²) in [5.74, 6) is -1.29. The lowest BCUT2D eigenvalue weighted by atomic mass is 9.91. The Kier molecular flexibility index (Phi) is 12.6. The number of hydrogen-bond donors (Lipinski definition) is 6. The standard InChI is InChI=1S/C29H46N6O5/c1-18(33-23-17-20(40-5)16-19-10-12-24(29(2,3)4)35-26(19)23)8-7-15-32-25(36)13-11-22(28(38)39)34-27(37)21(31)9-6-14-30/h10,12,16-18,21-22,33H,6-9,11,13-15,30-31H2,1-5H3,(H,32,36)(H,34,37)(H,38,39)/t18?,21-,22-/m1/s1. The third kappa shape index (κ3) is 10.3. The molecule has 1 aromatic carbocycles. The molecule has 0 aliphatic carbocycles. The Hall–Kier alpha value is -3.44. The van der Waals surface area contributed by atoms with E-state index in [1.54, 1.807) is 7.11 Å². The van der Waals surface area contributed by atoms with Gasteiger partial charge in [0.05, 0.1) is 24.4 Å². The molecule has 40 heavy (non-hydrogen) atoms. The smallest absolute Gasteiger partial charge is 0.326 e. The molecule has 3 atom stereocenters. The Bertz CT molecular complexity index is 1150. The maximum absolute atomic E-state index is 12.3. The van der Waals surface area contributed by atoms with Gasteiger partial charge in [-0.05, 0) is 57.7 Å². The number of carbonyl (C=O) groups is 3. The molecule has 0 bridgehead atoms. The van der Waals surface area contributed by atoms with E-state index in [2.05, 4.69) is 49.7 Å². The molecule has 11 heteroatoms. The van der Waals surface area contributed by atoms with Crippen molar-refractivity contribution in [3.8, 4) is 5.75 Å². The van der Waals surface area contributed by atoms with Crippen LogP contribution in [0, 0.1) is 0 Å². The number of methoxy groups -OCH3 is 1. The van der Waals surface area contributed by atoms with Crippen molar-refractivity contribution in [3.05, 3.63) is 30.0 Å². The number of rotatable bonds is 16. The van der Waals surface area contributed by atoms with Gasteiger partial charge >= 0.3 is 5.97 Å². The van der Waals surface area contributed by atoms with Crippen LogP contribution in [0.5, 0.6) is 5.75 Å². The zero-order valence-electron chi connectivity index (χ0n) is 24.4. The van der Waals surface area contributed by atoms with Gasteiger partial charge in [0, 0.05) is 41.6 Å². The molecule has 8 N–H and O–H groups in total. The molecule has 222 valence electrons. The number of ether oxygens (including phenoxy) is 1. The van der Waals surface area contributed by atoms with Crippen LogP contribution < -0.4 is 32.2 Å². The highest BCUT2D eigenvalue weighted by Crippen LogP contribution is 2.31.